The summed E-state index contributed by atoms with van der Waals surface area (Å²) in [6.07, 6.45) is -0.905. The Morgan fingerprint density at radius 2 is 1.96 bits per heavy atom. The number of anilines is 1. The topological polar surface area (TPSA) is 41.5 Å². The minimum atomic E-state index is -4.49. The quantitative estimate of drug-likeness (QED) is 0.582. The molecule has 0 aromatic heterocycles. The molecule has 0 saturated carbocycles. The van der Waals surface area contributed by atoms with Crippen LogP contribution in [0.15, 0.2) is 34.9 Å². The summed E-state index contributed by atoms with van der Waals surface area (Å²) in [6.45, 7) is 3.93. The van der Waals surface area contributed by atoms with Gasteiger partial charge in [-0.25, -0.2) is 0 Å². The molecule has 1 unspecified atom stereocenters. The van der Waals surface area contributed by atoms with Gasteiger partial charge < -0.3 is 15.2 Å². The number of alkyl halides is 3. The summed E-state index contributed by atoms with van der Waals surface area (Å²) in [5.41, 5.74) is 0.317. The van der Waals surface area contributed by atoms with Gasteiger partial charge in [-0.3, -0.25) is 0 Å². The summed E-state index contributed by atoms with van der Waals surface area (Å²) < 4.78 is 44.1. The third kappa shape index (κ3) is 5.58. The molecule has 7 heteroatoms. The van der Waals surface area contributed by atoms with Gasteiger partial charge in [-0.05, 0) is 19.4 Å². The van der Waals surface area contributed by atoms with E-state index in [1.807, 2.05) is 12.1 Å². The minimum Gasteiger partial charge on any atom is -0.487 e. The summed E-state index contributed by atoms with van der Waals surface area (Å²) in [5, 5.41) is 13.9. The molecule has 3 nitrogen and oxygen atoms in total. The molecule has 0 radical (unpaired) electrons. The van der Waals surface area contributed by atoms with Crippen LogP contribution in [0.4, 0.5) is 18.9 Å². The maximum atomic E-state index is 13.1. The average Bonchev–Trinajstić information content (AvgIpc) is 2.60. The molecule has 0 spiro atoms. The molecule has 1 heterocycles. The first-order chi connectivity index (χ1) is 12.3. The van der Waals surface area contributed by atoms with E-state index in [1.165, 1.54) is 0 Å². The van der Waals surface area contributed by atoms with Crippen LogP contribution in [0.1, 0.15) is 45.1 Å². The molecule has 0 saturated heterocycles. The average molecular weight is 389 g/mol. The Morgan fingerprint density at radius 1 is 1.23 bits per heavy atom. The van der Waals surface area contributed by atoms with Crippen molar-refractivity contribution in [1.29, 1.82) is 0 Å². The predicted octanol–water partition coefficient (Wildman–Crippen LogP) is 5.42. The maximum Gasteiger partial charge on any atom is 0.449 e. The van der Waals surface area contributed by atoms with Gasteiger partial charge in [0.15, 0.2) is 0 Å². The van der Waals surface area contributed by atoms with E-state index in [0.29, 0.717) is 23.4 Å². The smallest absolute Gasteiger partial charge is 0.449 e. The van der Waals surface area contributed by atoms with Gasteiger partial charge in [0.1, 0.15) is 0 Å². The summed E-state index contributed by atoms with van der Waals surface area (Å²) in [6, 6.07) is 7.23. The molecule has 0 bridgehead atoms. The van der Waals surface area contributed by atoms with E-state index < -0.39 is 17.5 Å². The number of hydrogen-bond acceptors (Lipinski definition) is 4. The Hall–Kier alpha value is -1.34. The van der Waals surface area contributed by atoms with Crippen molar-refractivity contribution in [3.8, 4) is 0 Å². The van der Waals surface area contributed by atoms with Gasteiger partial charge in [-0.15, -0.1) is 11.8 Å². The zero-order chi connectivity index (χ0) is 19.2. The van der Waals surface area contributed by atoms with Crippen molar-refractivity contribution in [2.75, 3.05) is 24.2 Å². The molecule has 0 amide bonds. The molecule has 1 atom stereocenters. The third-order valence-corrected chi connectivity index (χ3v) is 5.38. The van der Waals surface area contributed by atoms with Crippen molar-refractivity contribution >= 4 is 17.4 Å². The van der Waals surface area contributed by atoms with Gasteiger partial charge in [0.2, 0.25) is 5.76 Å². The number of rotatable bonds is 8. The molecule has 1 aromatic carbocycles. The van der Waals surface area contributed by atoms with Crippen LogP contribution in [0.5, 0.6) is 0 Å². The highest BCUT2D eigenvalue weighted by Gasteiger charge is 2.40. The fourth-order valence-corrected chi connectivity index (χ4v) is 3.86. The number of benzene rings is 1. The summed E-state index contributed by atoms with van der Waals surface area (Å²) in [7, 11) is 0. The van der Waals surface area contributed by atoms with Crippen LogP contribution < -0.4 is 5.32 Å². The Labute approximate surface area is 157 Å². The van der Waals surface area contributed by atoms with Crippen LogP contribution in [-0.2, 0) is 10.3 Å². The number of thioether (sulfide) groups is 1. The number of ether oxygens (including phenoxy) is 1. The van der Waals surface area contributed by atoms with Crippen molar-refractivity contribution in [1.82, 2.24) is 0 Å². The number of unbranched alkanes of at least 4 members (excludes halogenated alkanes) is 2. The Kier molecular flexibility index (Phi) is 7.29. The molecule has 1 aliphatic heterocycles. The van der Waals surface area contributed by atoms with Gasteiger partial charge in [0.25, 0.3) is 0 Å². The van der Waals surface area contributed by atoms with Gasteiger partial charge in [-0.1, -0.05) is 44.4 Å². The SMILES string of the molecule is CCCCCC(C)(O)c1ccccc1NCC1=C(C(F)(F)F)OCCS1. The molecule has 26 heavy (non-hydrogen) atoms. The van der Waals surface area contributed by atoms with E-state index in [2.05, 4.69) is 12.2 Å². The molecule has 0 aliphatic carbocycles. The molecule has 146 valence electrons. The normalized spacial score (nSPS) is 17.6. The van der Waals surface area contributed by atoms with E-state index >= 15 is 0 Å². The highest BCUT2D eigenvalue weighted by molar-refractivity contribution is 8.03. The van der Waals surface area contributed by atoms with Crippen molar-refractivity contribution in [3.63, 3.8) is 0 Å². The van der Waals surface area contributed by atoms with E-state index in [9.17, 15) is 18.3 Å². The second-order valence-electron chi connectivity index (χ2n) is 6.58. The van der Waals surface area contributed by atoms with Crippen molar-refractivity contribution in [3.05, 3.63) is 40.5 Å². The third-order valence-electron chi connectivity index (χ3n) is 4.33. The molecule has 2 rings (SSSR count). The number of allylic oxidation sites excluding steroid dienone is 1. The fraction of sp³-hybridized carbons (Fsp3) is 0.579. The standard InChI is InChI=1S/C19H26F3NO2S/c1-3-4-7-10-18(2,24)14-8-5-6-9-15(14)23-13-16-17(19(20,21)22)25-11-12-26-16/h5-6,8-9,23-24H,3-4,7,10-13H2,1-2H3. The Bertz CT molecular complexity index is 629. The van der Waals surface area contributed by atoms with Crippen LogP contribution >= 0.6 is 11.8 Å². The fourth-order valence-electron chi connectivity index (χ4n) is 2.96. The van der Waals surface area contributed by atoms with E-state index in [0.717, 1.165) is 31.0 Å². The zero-order valence-corrected chi connectivity index (χ0v) is 16.0. The van der Waals surface area contributed by atoms with Gasteiger partial charge in [0.05, 0.1) is 17.1 Å². The first-order valence-corrected chi connectivity index (χ1v) is 9.86. The lowest BCUT2D eigenvalue weighted by molar-refractivity contribution is -0.131. The van der Waals surface area contributed by atoms with Crippen molar-refractivity contribution in [2.45, 2.75) is 51.3 Å². The van der Waals surface area contributed by atoms with Crippen molar-refractivity contribution in [2.24, 2.45) is 0 Å². The number of hydrogen-bond donors (Lipinski definition) is 2. The van der Waals surface area contributed by atoms with E-state index in [1.54, 1.807) is 19.1 Å². The van der Waals surface area contributed by atoms with Crippen LogP contribution in [0, 0.1) is 0 Å². The summed E-state index contributed by atoms with van der Waals surface area (Å²) in [5.74, 6) is -0.416. The van der Waals surface area contributed by atoms with Crippen LogP contribution in [0.2, 0.25) is 0 Å². The minimum absolute atomic E-state index is 0.0154. The molecule has 0 fully saturated rings. The van der Waals surface area contributed by atoms with Gasteiger partial charge >= 0.3 is 6.18 Å². The van der Waals surface area contributed by atoms with Gasteiger partial charge in [0, 0.05) is 23.5 Å². The van der Waals surface area contributed by atoms with Crippen molar-refractivity contribution < 1.29 is 23.0 Å². The number of nitrogens with one attached hydrogen (secondary N) is 1. The summed E-state index contributed by atoms with van der Waals surface area (Å²) >= 11 is 1.16. The molecule has 1 aromatic rings. The molecule has 2 N–H and O–H groups in total. The second-order valence-corrected chi connectivity index (χ2v) is 7.77. The lowest BCUT2D eigenvalue weighted by atomic mass is 9.89. The van der Waals surface area contributed by atoms with E-state index in [4.69, 9.17) is 4.74 Å². The van der Waals surface area contributed by atoms with Crippen LogP contribution in [0.25, 0.3) is 0 Å². The highest BCUT2D eigenvalue weighted by Crippen LogP contribution is 2.37. The first-order valence-electron chi connectivity index (χ1n) is 8.87. The number of halogens is 3. The van der Waals surface area contributed by atoms with Crippen LogP contribution in [-0.4, -0.2) is 30.2 Å². The largest absolute Gasteiger partial charge is 0.487 e. The Morgan fingerprint density at radius 3 is 2.65 bits per heavy atom. The molecular formula is C19H26F3NO2S. The number of para-hydroxylation sites is 1. The first kappa shape index (κ1) is 21.0. The lowest BCUT2D eigenvalue weighted by Gasteiger charge is -2.28. The lowest BCUT2D eigenvalue weighted by Crippen LogP contribution is -2.25. The number of aliphatic hydroxyl groups is 1. The maximum absolute atomic E-state index is 13.1. The van der Waals surface area contributed by atoms with E-state index in [-0.39, 0.29) is 18.1 Å². The highest BCUT2D eigenvalue weighted by atomic mass is 32.2. The molecular weight excluding hydrogens is 363 g/mol. The second kappa shape index (κ2) is 9.04. The summed E-state index contributed by atoms with van der Waals surface area (Å²) in [4.78, 5) is 0.143. The zero-order valence-electron chi connectivity index (χ0n) is 15.2. The Balaban J connectivity index is 2.16. The van der Waals surface area contributed by atoms with Gasteiger partial charge in [-0.2, -0.15) is 13.2 Å². The van der Waals surface area contributed by atoms with Crippen LogP contribution in [0.3, 0.4) is 0 Å². The monoisotopic (exact) mass is 389 g/mol. The molecule has 1 aliphatic rings. The predicted molar refractivity (Wildman–Crippen MR) is 100 cm³/mol.